The fourth-order valence-corrected chi connectivity index (χ4v) is 3.76. The quantitative estimate of drug-likeness (QED) is 0.775. The summed E-state index contributed by atoms with van der Waals surface area (Å²) >= 11 is 0. The Labute approximate surface area is 167 Å². The molecule has 2 aromatic rings. The number of amides is 2. The first-order chi connectivity index (χ1) is 13.5. The molecular weight excluding hydrogens is 348 g/mol. The maximum Gasteiger partial charge on any atom is 0.247 e. The number of anilines is 1. The second kappa shape index (κ2) is 9.54. The van der Waals surface area contributed by atoms with Crippen molar-refractivity contribution in [3.63, 3.8) is 0 Å². The van der Waals surface area contributed by atoms with Gasteiger partial charge in [0, 0.05) is 18.0 Å². The lowest BCUT2D eigenvalue weighted by atomic mass is 9.88. The highest BCUT2D eigenvalue weighted by molar-refractivity contribution is 5.97. The van der Waals surface area contributed by atoms with Gasteiger partial charge in [0.2, 0.25) is 11.8 Å². The van der Waals surface area contributed by atoms with Crippen molar-refractivity contribution in [3.8, 4) is 0 Å². The summed E-state index contributed by atoms with van der Waals surface area (Å²) in [4.78, 5) is 25.8. The smallest absolute Gasteiger partial charge is 0.247 e. The monoisotopic (exact) mass is 378 g/mol. The molecule has 2 N–H and O–H groups in total. The van der Waals surface area contributed by atoms with Gasteiger partial charge in [0.25, 0.3) is 0 Å². The van der Waals surface area contributed by atoms with E-state index in [2.05, 4.69) is 10.6 Å². The molecule has 1 saturated carbocycles. The Morgan fingerprint density at radius 3 is 2.36 bits per heavy atom. The van der Waals surface area contributed by atoms with Crippen molar-refractivity contribution >= 4 is 17.5 Å². The Bertz CT molecular complexity index is 811. The van der Waals surface area contributed by atoms with Gasteiger partial charge in [-0.25, -0.2) is 0 Å². The lowest BCUT2D eigenvalue weighted by molar-refractivity contribution is -0.130. The Kier molecular flexibility index (Phi) is 6.85. The molecule has 148 valence electrons. The first-order valence-corrected chi connectivity index (χ1v) is 10.3. The molecule has 1 fully saturated rings. The number of hydrogen-bond donors (Lipinski definition) is 2. The van der Waals surface area contributed by atoms with Gasteiger partial charge >= 0.3 is 0 Å². The molecule has 1 atom stereocenters. The van der Waals surface area contributed by atoms with Crippen molar-refractivity contribution in [2.24, 2.45) is 5.92 Å². The van der Waals surface area contributed by atoms with Gasteiger partial charge in [-0.1, -0.05) is 55.7 Å². The van der Waals surface area contributed by atoms with Crippen LogP contribution in [0, 0.1) is 19.8 Å². The number of hydrogen-bond acceptors (Lipinski definition) is 2. The van der Waals surface area contributed by atoms with Crippen LogP contribution in [0.2, 0.25) is 0 Å². The third-order valence-electron chi connectivity index (χ3n) is 5.67. The van der Waals surface area contributed by atoms with Gasteiger partial charge in [-0.15, -0.1) is 0 Å². The number of nitrogens with one attached hydrogen (secondary N) is 2. The highest BCUT2D eigenvalue weighted by Crippen LogP contribution is 2.24. The van der Waals surface area contributed by atoms with E-state index in [0.29, 0.717) is 6.42 Å². The van der Waals surface area contributed by atoms with Crippen LogP contribution in [-0.4, -0.2) is 17.9 Å². The molecule has 28 heavy (non-hydrogen) atoms. The van der Waals surface area contributed by atoms with Crippen LogP contribution in [0.5, 0.6) is 0 Å². The summed E-state index contributed by atoms with van der Waals surface area (Å²) in [6.45, 7) is 4.07. The van der Waals surface area contributed by atoms with Crippen LogP contribution < -0.4 is 10.6 Å². The lowest BCUT2D eigenvalue weighted by Gasteiger charge is -2.25. The van der Waals surface area contributed by atoms with Gasteiger partial charge in [-0.3, -0.25) is 9.59 Å². The summed E-state index contributed by atoms with van der Waals surface area (Å²) in [5.41, 5.74) is 4.11. The zero-order chi connectivity index (χ0) is 19.9. The SMILES string of the molecule is Cc1ccc(NC(=O)C(Cc2ccccc2)NC(=O)C2CCCCC2)cc1C. The largest absolute Gasteiger partial charge is 0.344 e. The third-order valence-corrected chi connectivity index (χ3v) is 5.67. The van der Waals surface area contributed by atoms with Crippen molar-refractivity contribution in [3.05, 3.63) is 65.2 Å². The number of aryl methyl sites for hydroxylation is 2. The highest BCUT2D eigenvalue weighted by atomic mass is 16.2. The molecule has 1 aliphatic carbocycles. The maximum atomic E-state index is 13.0. The van der Waals surface area contributed by atoms with Gasteiger partial charge in [-0.2, -0.15) is 0 Å². The molecule has 4 heteroatoms. The van der Waals surface area contributed by atoms with Crippen molar-refractivity contribution in [1.29, 1.82) is 0 Å². The predicted octanol–water partition coefficient (Wildman–Crippen LogP) is 4.55. The second-order valence-electron chi connectivity index (χ2n) is 7.87. The molecule has 0 aromatic heterocycles. The fraction of sp³-hybridized carbons (Fsp3) is 0.417. The van der Waals surface area contributed by atoms with Gasteiger partial charge in [0.15, 0.2) is 0 Å². The van der Waals surface area contributed by atoms with Gasteiger partial charge in [-0.05, 0) is 55.5 Å². The van der Waals surface area contributed by atoms with E-state index in [-0.39, 0.29) is 17.7 Å². The summed E-state index contributed by atoms with van der Waals surface area (Å²) in [6.07, 6.45) is 5.71. The van der Waals surface area contributed by atoms with Crippen LogP contribution in [0.3, 0.4) is 0 Å². The molecule has 0 spiro atoms. The minimum atomic E-state index is -0.585. The predicted molar refractivity (Wildman–Crippen MR) is 113 cm³/mol. The molecule has 1 aliphatic rings. The van der Waals surface area contributed by atoms with E-state index in [1.165, 1.54) is 12.0 Å². The molecule has 2 aromatic carbocycles. The van der Waals surface area contributed by atoms with Crippen molar-refractivity contribution < 1.29 is 9.59 Å². The number of benzene rings is 2. The standard InChI is InChI=1S/C24H30N2O2/c1-17-13-14-21(15-18(17)2)25-24(28)22(16-19-9-5-3-6-10-19)26-23(27)20-11-7-4-8-12-20/h3,5-6,9-10,13-15,20,22H,4,7-8,11-12,16H2,1-2H3,(H,25,28)(H,26,27). The number of carbonyl (C=O) groups is 2. The molecular formula is C24H30N2O2. The van der Waals surface area contributed by atoms with E-state index in [1.54, 1.807) is 0 Å². The molecule has 1 unspecified atom stereocenters. The zero-order valence-electron chi connectivity index (χ0n) is 16.8. The van der Waals surface area contributed by atoms with Crippen molar-refractivity contribution in [2.75, 3.05) is 5.32 Å². The maximum absolute atomic E-state index is 13.0. The van der Waals surface area contributed by atoms with Gasteiger partial charge < -0.3 is 10.6 Å². The summed E-state index contributed by atoms with van der Waals surface area (Å²) in [5.74, 6) is -0.131. The molecule has 0 heterocycles. The minimum Gasteiger partial charge on any atom is -0.344 e. The average molecular weight is 379 g/mol. The Balaban J connectivity index is 1.73. The van der Waals surface area contributed by atoms with Crippen molar-refractivity contribution in [1.82, 2.24) is 5.32 Å². The Morgan fingerprint density at radius 1 is 0.964 bits per heavy atom. The Hall–Kier alpha value is -2.62. The van der Waals surface area contributed by atoms with E-state index in [9.17, 15) is 9.59 Å². The van der Waals surface area contributed by atoms with Crippen molar-refractivity contribution in [2.45, 2.75) is 58.4 Å². The molecule has 3 rings (SSSR count). The lowest BCUT2D eigenvalue weighted by Crippen LogP contribution is -2.47. The summed E-state index contributed by atoms with van der Waals surface area (Å²) in [5, 5.41) is 6.02. The average Bonchev–Trinajstić information content (AvgIpc) is 2.71. The molecule has 4 nitrogen and oxygen atoms in total. The van der Waals surface area contributed by atoms with Crippen LogP contribution in [0.15, 0.2) is 48.5 Å². The van der Waals surface area contributed by atoms with Crippen LogP contribution in [0.1, 0.15) is 48.8 Å². The van der Waals surface area contributed by atoms with E-state index in [4.69, 9.17) is 0 Å². The van der Waals surface area contributed by atoms with Crippen LogP contribution in [0.4, 0.5) is 5.69 Å². The normalized spacial score (nSPS) is 15.6. The van der Waals surface area contributed by atoms with Crippen LogP contribution in [-0.2, 0) is 16.0 Å². The minimum absolute atomic E-state index is 0.0101. The summed E-state index contributed by atoms with van der Waals surface area (Å²) in [6, 6.07) is 15.1. The molecule has 0 radical (unpaired) electrons. The van der Waals surface area contributed by atoms with E-state index in [0.717, 1.165) is 42.5 Å². The molecule has 0 aliphatic heterocycles. The first-order valence-electron chi connectivity index (χ1n) is 10.3. The highest BCUT2D eigenvalue weighted by Gasteiger charge is 2.27. The topological polar surface area (TPSA) is 58.2 Å². The molecule has 2 amide bonds. The summed E-state index contributed by atoms with van der Waals surface area (Å²) < 4.78 is 0. The molecule has 0 saturated heterocycles. The second-order valence-corrected chi connectivity index (χ2v) is 7.87. The molecule has 0 bridgehead atoms. The first kappa shape index (κ1) is 20.1. The van der Waals surface area contributed by atoms with Gasteiger partial charge in [0.1, 0.15) is 6.04 Å². The third kappa shape index (κ3) is 5.44. The van der Waals surface area contributed by atoms with E-state index < -0.39 is 6.04 Å². The van der Waals surface area contributed by atoms with Crippen LogP contribution >= 0.6 is 0 Å². The fourth-order valence-electron chi connectivity index (χ4n) is 3.76. The van der Waals surface area contributed by atoms with E-state index in [1.807, 2.05) is 62.4 Å². The Morgan fingerprint density at radius 2 is 1.68 bits per heavy atom. The van der Waals surface area contributed by atoms with E-state index >= 15 is 0 Å². The zero-order valence-corrected chi connectivity index (χ0v) is 16.8. The van der Waals surface area contributed by atoms with Crippen LogP contribution in [0.25, 0.3) is 0 Å². The number of rotatable bonds is 6. The van der Waals surface area contributed by atoms with Gasteiger partial charge in [0.05, 0.1) is 0 Å². The summed E-state index contributed by atoms with van der Waals surface area (Å²) in [7, 11) is 0. The number of carbonyl (C=O) groups excluding carboxylic acids is 2.